The molecule has 0 aliphatic rings. The fraction of sp³-hybridized carbons (Fsp3) is 0.333. The van der Waals surface area contributed by atoms with Crippen LogP contribution in [0.25, 0.3) is 0 Å². The highest BCUT2D eigenvalue weighted by atomic mass is 14.9. The maximum absolute atomic E-state index is 4.61. The molecule has 1 atom stereocenters. The number of hydrogen-bond acceptors (Lipinski definition) is 3. The summed E-state index contributed by atoms with van der Waals surface area (Å²) in [7, 11) is 0. The molecule has 3 nitrogen and oxygen atoms in total. The summed E-state index contributed by atoms with van der Waals surface area (Å²) in [6.45, 7) is 7.07. The van der Waals surface area contributed by atoms with E-state index in [1.165, 1.54) is 5.56 Å². The standard InChI is InChI=1S/C15H19N3/c1-4-17-15(13-8-11(2)9-16-10-13)14-7-5-6-12(3)18-14/h5-10,15,17H,4H2,1-3H3. The molecule has 1 unspecified atom stereocenters. The normalized spacial score (nSPS) is 12.4. The van der Waals surface area contributed by atoms with Crippen molar-refractivity contribution in [3.05, 3.63) is 59.2 Å². The van der Waals surface area contributed by atoms with Gasteiger partial charge in [0.05, 0.1) is 11.7 Å². The van der Waals surface area contributed by atoms with E-state index in [2.05, 4.69) is 41.3 Å². The fourth-order valence-electron chi connectivity index (χ4n) is 2.06. The number of hydrogen-bond donors (Lipinski definition) is 1. The molecule has 2 rings (SSSR count). The molecule has 0 amide bonds. The minimum atomic E-state index is 0.113. The van der Waals surface area contributed by atoms with Gasteiger partial charge in [0.1, 0.15) is 0 Å². The van der Waals surface area contributed by atoms with Crippen molar-refractivity contribution in [1.82, 2.24) is 15.3 Å². The molecule has 0 saturated carbocycles. The lowest BCUT2D eigenvalue weighted by Gasteiger charge is -2.18. The Hall–Kier alpha value is -1.74. The quantitative estimate of drug-likeness (QED) is 0.894. The average molecular weight is 241 g/mol. The van der Waals surface area contributed by atoms with E-state index in [4.69, 9.17) is 0 Å². The van der Waals surface area contributed by atoms with Gasteiger partial charge in [0.25, 0.3) is 0 Å². The van der Waals surface area contributed by atoms with Crippen LogP contribution in [0.3, 0.4) is 0 Å². The molecule has 0 aromatic carbocycles. The smallest absolute Gasteiger partial charge is 0.0766 e. The molecule has 0 aliphatic heterocycles. The van der Waals surface area contributed by atoms with Gasteiger partial charge in [-0.25, -0.2) is 0 Å². The second-order valence-electron chi connectivity index (χ2n) is 4.49. The number of nitrogens with one attached hydrogen (secondary N) is 1. The fourth-order valence-corrected chi connectivity index (χ4v) is 2.06. The van der Waals surface area contributed by atoms with Crippen molar-refractivity contribution in [2.24, 2.45) is 0 Å². The van der Waals surface area contributed by atoms with Gasteiger partial charge in [0, 0.05) is 18.1 Å². The van der Waals surface area contributed by atoms with Gasteiger partial charge in [-0.2, -0.15) is 0 Å². The number of aromatic nitrogens is 2. The van der Waals surface area contributed by atoms with E-state index in [9.17, 15) is 0 Å². The van der Waals surface area contributed by atoms with Crippen LogP contribution < -0.4 is 5.32 Å². The molecule has 0 aliphatic carbocycles. The Morgan fingerprint density at radius 3 is 2.72 bits per heavy atom. The zero-order valence-corrected chi connectivity index (χ0v) is 11.1. The molecule has 0 radical (unpaired) electrons. The number of pyridine rings is 2. The Labute approximate surface area is 108 Å². The number of rotatable bonds is 4. The maximum atomic E-state index is 4.61. The Morgan fingerprint density at radius 2 is 2.06 bits per heavy atom. The largest absolute Gasteiger partial charge is 0.305 e. The third-order valence-electron chi connectivity index (χ3n) is 2.84. The summed E-state index contributed by atoms with van der Waals surface area (Å²) >= 11 is 0. The van der Waals surface area contributed by atoms with Crippen LogP contribution in [0.1, 0.15) is 35.5 Å². The summed E-state index contributed by atoms with van der Waals surface area (Å²) in [5.74, 6) is 0. The zero-order valence-electron chi connectivity index (χ0n) is 11.1. The third kappa shape index (κ3) is 2.93. The Kier molecular flexibility index (Phi) is 4.05. The van der Waals surface area contributed by atoms with E-state index in [0.29, 0.717) is 0 Å². The molecule has 94 valence electrons. The number of nitrogens with zero attached hydrogens (tertiary/aromatic N) is 2. The van der Waals surface area contributed by atoms with Gasteiger partial charge >= 0.3 is 0 Å². The second-order valence-corrected chi connectivity index (χ2v) is 4.49. The van der Waals surface area contributed by atoms with Crippen molar-refractivity contribution in [1.29, 1.82) is 0 Å². The van der Waals surface area contributed by atoms with E-state index in [1.807, 2.05) is 31.5 Å². The SMILES string of the molecule is CCNC(c1cncc(C)c1)c1cccc(C)n1. The van der Waals surface area contributed by atoms with Crippen molar-refractivity contribution in [3.8, 4) is 0 Å². The van der Waals surface area contributed by atoms with Crippen LogP contribution in [0.15, 0.2) is 36.7 Å². The monoisotopic (exact) mass is 241 g/mol. The Balaban J connectivity index is 2.39. The van der Waals surface area contributed by atoms with E-state index >= 15 is 0 Å². The topological polar surface area (TPSA) is 37.8 Å². The highest BCUT2D eigenvalue weighted by Crippen LogP contribution is 2.20. The van der Waals surface area contributed by atoms with Gasteiger partial charge in [-0.05, 0) is 43.7 Å². The van der Waals surface area contributed by atoms with E-state index in [-0.39, 0.29) is 6.04 Å². The van der Waals surface area contributed by atoms with E-state index < -0.39 is 0 Å². The van der Waals surface area contributed by atoms with Crippen LogP contribution in [0.4, 0.5) is 0 Å². The predicted molar refractivity (Wildman–Crippen MR) is 73.5 cm³/mol. The lowest BCUT2D eigenvalue weighted by atomic mass is 10.0. The molecule has 1 N–H and O–H groups in total. The third-order valence-corrected chi connectivity index (χ3v) is 2.84. The molecule has 0 spiro atoms. The number of aryl methyl sites for hydroxylation is 2. The summed E-state index contributed by atoms with van der Waals surface area (Å²) < 4.78 is 0. The molecule has 2 aromatic rings. The molecule has 0 saturated heterocycles. The molecule has 0 fully saturated rings. The van der Waals surface area contributed by atoms with Crippen LogP contribution >= 0.6 is 0 Å². The van der Waals surface area contributed by atoms with Gasteiger partial charge in [-0.1, -0.05) is 19.1 Å². The van der Waals surface area contributed by atoms with Gasteiger partial charge in [-0.3, -0.25) is 9.97 Å². The van der Waals surface area contributed by atoms with Crippen molar-refractivity contribution in [2.45, 2.75) is 26.8 Å². The van der Waals surface area contributed by atoms with Crippen molar-refractivity contribution in [2.75, 3.05) is 6.54 Å². The van der Waals surface area contributed by atoms with Gasteiger partial charge in [-0.15, -0.1) is 0 Å². The lowest BCUT2D eigenvalue weighted by Crippen LogP contribution is -2.23. The minimum Gasteiger partial charge on any atom is -0.305 e. The highest BCUT2D eigenvalue weighted by molar-refractivity contribution is 5.28. The minimum absolute atomic E-state index is 0.113. The van der Waals surface area contributed by atoms with Crippen molar-refractivity contribution in [3.63, 3.8) is 0 Å². The lowest BCUT2D eigenvalue weighted by molar-refractivity contribution is 0.611. The first-order chi connectivity index (χ1) is 8.70. The highest BCUT2D eigenvalue weighted by Gasteiger charge is 2.14. The second kappa shape index (κ2) is 5.74. The van der Waals surface area contributed by atoms with E-state index in [0.717, 1.165) is 23.5 Å². The van der Waals surface area contributed by atoms with Crippen molar-refractivity contribution < 1.29 is 0 Å². The van der Waals surface area contributed by atoms with Crippen LogP contribution in [0, 0.1) is 13.8 Å². The Morgan fingerprint density at radius 1 is 1.22 bits per heavy atom. The van der Waals surface area contributed by atoms with Crippen LogP contribution in [0.5, 0.6) is 0 Å². The first kappa shape index (κ1) is 12.7. The summed E-state index contributed by atoms with van der Waals surface area (Å²) in [6.07, 6.45) is 3.78. The first-order valence-corrected chi connectivity index (χ1v) is 6.29. The molecular formula is C15H19N3. The zero-order chi connectivity index (χ0) is 13.0. The van der Waals surface area contributed by atoms with Crippen LogP contribution in [0.2, 0.25) is 0 Å². The first-order valence-electron chi connectivity index (χ1n) is 6.29. The van der Waals surface area contributed by atoms with Gasteiger partial charge in [0.15, 0.2) is 0 Å². The molecule has 3 heteroatoms. The van der Waals surface area contributed by atoms with E-state index in [1.54, 1.807) is 0 Å². The molecule has 18 heavy (non-hydrogen) atoms. The molecule has 0 bridgehead atoms. The summed E-state index contributed by atoms with van der Waals surface area (Å²) in [6, 6.07) is 8.39. The average Bonchev–Trinajstić information content (AvgIpc) is 2.36. The van der Waals surface area contributed by atoms with Gasteiger partial charge in [0.2, 0.25) is 0 Å². The van der Waals surface area contributed by atoms with Crippen LogP contribution in [-0.2, 0) is 0 Å². The summed E-state index contributed by atoms with van der Waals surface area (Å²) in [5, 5.41) is 3.47. The summed E-state index contributed by atoms with van der Waals surface area (Å²) in [5.41, 5.74) is 4.42. The predicted octanol–water partition coefficient (Wildman–Crippen LogP) is 2.79. The Bertz CT molecular complexity index is 477. The maximum Gasteiger partial charge on any atom is 0.0766 e. The van der Waals surface area contributed by atoms with Crippen molar-refractivity contribution >= 4 is 0 Å². The summed E-state index contributed by atoms with van der Waals surface area (Å²) in [4.78, 5) is 8.88. The molecule has 2 heterocycles. The van der Waals surface area contributed by atoms with Crippen LogP contribution in [-0.4, -0.2) is 16.5 Å². The van der Waals surface area contributed by atoms with Gasteiger partial charge < -0.3 is 5.32 Å². The molecular weight excluding hydrogens is 222 g/mol. The molecule has 2 aromatic heterocycles.